The van der Waals surface area contributed by atoms with Crippen molar-refractivity contribution in [3.8, 4) is 6.07 Å². The first-order valence-corrected chi connectivity index (χ1v) is 5.19. The highest BCUT2D eigenvalue weighted by atomic mass is 15.2. The molecule has 0 aliphatic rings. The number of anilines is 1. The van der Waals surface area contributed by atoms with Crippen molar-refractivity contribution in [3.05, 3.63) is 47.9 Å². The molecule has 0 aliphatic heterocycles. The van der Waals surface area contributed by atoms with E-state index in [-0.39, 0.29) is 6.04 Å². The first-order valence-electron chi connectivity index (χ1n) is 5.19. The molecule has 2 rings (SSSR count). The maximum Gasteiger partial charge on any atom is 0.167 e. The molecule has 0 bridgehead atoms. The van der Waals surface area contributed by atoms with Crippen LogP contribution in [0.1, 0.15) is 24.1 Å². The predicted molar refractivity (Wildman–Crippen MR) is 63.0 cm³/mol. The van der Waals surface area contributed by atoms with Gasteiger partial charge in [-0.15, -0.1) is 5.10 Å². The summed E-state index contributed by atoms with van der Waals surface area (Å²) in [5.74, 6) is 0.499. The van der Waals surface area contributed by atoms with Crippen LogP contribution in [-0.4, -0.2) is 15.2 Å². The summed E-state index contributed by atoms with van der Waals surface area (Å²) < 4.78 is 0. The van der Waals surface area contributed by atoms with E-state index in [1.807, 2.05) is 19.1 Å². The number of hydrogen-bond donors (Lipinski definition) is 1. The third kappa shape index (κ3) is 2.55. The fourth-order valence-electron chi connectivity index (χ4n) is 1.47. The molecule has 1 unspecified atom stereocenters. The Morgan fingerprint density at radius 1 is 1.24 bits per heavy atom. The maximum atomic E-state index is 8.93. The van der Waals surface area contributed by atoms with Gasteiger partial charge >= 0.3 is 0 Å². The maximum absolute atomic E-state index is 8.93. The molecule has 0 aromatic carbocycles. The van der Waals surface area contributed by atoms with Gasteiger partial charge < -0.3 is 5.32 Å². The van der Waals surface area contributed by atoms with E-state index in [0.29, 0.717) is 11.4 Å². The number of rotatable bonds is 3. The average molecular weight is 225 g/mol. The van der Waals surface area contributed by atoms with Gasteiger partial charge in [0.15, 0.2) is 5.82 Å². The Labute approximate surface area is 99.2 Å². The van der Waals surface area contributed by atoms with Crippen molar-refractivity contribution in [2.75, 3.05) is 5.32 Å². The van der Waals surface area contributed by atoms with Gasteiger partial charge in [0.2, 0.25) is 0 Å². The molecule has 2 heterocycles. The first kappa shape index (κ1) is 11.0. The quantitative estimate of drug-likeness (QED) is 0.863. The van der Waals surface area contributed by atoms with Gasteiger partial charge in [-0.05, 0) is 30.7 Å². The molecule has 0 aliphatic carbocycles. The van der Waals surface area contributed by atoms with Crippen LogP contribution < -0.4 is 5.32 Å². The van der Waals surface area contributed by atoms with E-state index < -0.39 is 0 Å². The summed E-state index contributed by atoms with van der Waals surface area (Å²) in [6.07, 6.45) is 4.96. The third-order valence-electron chi connectivity index (χ3n) is 2.40. The summed E-state index contributed by atoms with van der Waals surface area (Å²) in [4.78, 5) is 3.96. The third-order valence-corrected chi connectivity index (χ3v) is 2.40. The average Bonchev–Trinajstić information content (AvgIpc) is 2.40. The minimum atomic E-state index is 0.0433. The number of nitrogens with zero attached hydrogens (tertiary/aromatic N) is 4. The standard InChI is InChI=1S/C12H11N5/c1-9(10-2-5-14-6-3-10)16-12-11(8-13)4-7-15-17-12/h2-7,9H,1H3,(H,16,17). The SMILES string of the molecule is CC(Nc1nnccc1C#N)c1ccncc1. The molecule has 0 radical (unpaired) electrons. The van der Waals surface area contributed by atoms with Crippen molar-refractivity contribution in [2.45, 2.75) is 13.0 Å². The minimum Gasteiger partial charge on any atom is -0.361 e. The molecule has 0 fully saturated rings. The highest BCUT2D eigenvalue weighted by molar-refractivity contribution is 5.51. The van der Waals surface area contributed by atoms with Crippen molar-refractivity contribution in [1.29, 1.82) is 5.26 Å². The molecular weight excluding hydrogens is 214 g/mol. The molecule has 0 saturated heterocycles. The largest absolute Gasteiger partial charge is 0.361 e. The molecule has 1 N–H and O–H groups in total. The number of pyridine rings is 1. The smallest absolute Gasteiger partial charge is 0.167 e. The van der Waals surface area contributed by atoms with E-state index >= 15 is 0 Å². The van der Waals surface area contributed by atoms with Gasteiger partial charge in [-0.25, -0.2) is 0 Å². The van der Waals surface area contributed by atoms with Gasteiger partial charge in [0, 0.05) is 12.4 Å². The summed E-state index contributed by atoms with van der Waals surface area (Å²) in [7, 11) is 0. The van der Waals surface area contributed by atoms with Crippen molar-refractivity contribution in [1.82, 2.24) is 15.2 Å². The second kappa shape index (κ2) is 5.03. The summed E-state index contributed by atoms with van der Waals surface area (Å²) in [5, 5.41) is 19.8. The lowest BCUT2D eigenvalue weighted by atomic mass is 10.1. The Kier molecular flexibility index (Phi) is 3.26. The van der Waals surface area contributed by atoms with Crippen molar-refractivity contribution in [2.24, 2.45) is 0 Å². The van der Waals surface area contributed by atoms with E-state index in [4.69, 9.17) is 5.26 Å². The van der Waals surface area contributed by atoms with Crippen LogP contribution in [0.5, 0.6) is 0 Å². The Morgan fingerprint density at radius 2 is 2.00 bits per heavy atom. The molecule has 17 heavy (non-hydrogen) atoms. The van der Waals surface area contributed by atoms with E-state index in [0.717, 1.165) is 5.56 Å². The molecular formula is C12H11N5. The van der Waals surface area contributed by atoms with Gasteiger partial charge in [0.25, 0.3) is 0 Å². The van der Waals surface area contributed by atoms with E-state index in [1.54, 1.807) is 18.5 Å². The second-order valence-corrected chi connectivity index (χ2v) is 3.55. The molecule has 5 nitrogen and oxygen atoms in total. The lowest BCUT2D eigenvalue weighted by Gasteiger charge is -2.14. The van der Waals surface area contributed by atoms with Crippen LogP contribution in [0, 0.1) is 11.3 Å². The van der Waals surface area contributed by atoms with Crippen LogP contribution in [0.2, 0.25) is 0 Å². The van der Waals surface area contributed by atoms with Crippen LogP contribution in [-0.2, 0) is 0 Å². The summed E-state index contributed by atoms with van der Waals surface area (Å²) >= 11 is 0. The molecule has 0 spiro atoms. The monoisotopic (exact) mass is 225 g/mol. The highest BCUT2D eigenvalue weighted by Gasteiger charge is 2.09. The molecule has 0 amide bonds. The molecule has 2 aromatic rings. The van der Waals surface area contributed by atoms with Crippen LogP contribution in [0.4, 0.5) is 5.82 Å². The van der Waals surface area contributed by atoms with E-state index in [2.05, 4.69) is 26.6 Å². The fourth-order valence-corrected chi connectivity index (χ4v) is 1.47. The Bertz CT molecular complexity index is 532. The van der Waals surface area contributed by atoms with E-state index in [9.17, 15) is 0 Å². The summed E-state index contributed by atoms with van der Waals surface area (Å²) in [6.45, 7) is 1.99. The van der Waals surface area contributed by atoms with Crippen molar-refractivity contribution < 1.29 is 0 Å². The lowest BCUT2D eigenvalue weighted by Crippen LogP contribution is -2.09. The van der Waals surface area contributed by atoms with Gasteiger partial charge in [-0.2, -0.15) is 10.4 Å². The van der Waals surface area contributed by atoms with E-state index in [1.165, 1.54) is 6.20 Å². The van der Waals surface area contributed by atoms with Gasteiger partial charge in [0.1, 0.15) is 6.07 Å². The Hall–Kier alpha value is -2.48. The van der Waals surface area contributed by atoms with Crippen LogP contribution in [0.3, 0.4) is 0 Å². The summed E-state index contributed by atoms with van der Waals surface area (Å²) in [6, 6.07) is 7.59. The molecule has 84 valence electrons. The topological polar surface area (TPSA) is 74.5 Å². The van der Waals surface area contributed by atoms with Gasteiger partial charge in [-0.3, -0.25) is 4.98 Å². The second-order valence-electron chi connectivity index (χ2n) is 3.55. The molecule has 5 heteroatoms. The summed E-state index contributed by atoms with van der Waals surface area (Å²) in [5.41, 5.74) is 1.57. The lowest BCUT2D eigenvalue weighted by molar-refractivity contribution is 0.856. The van der Waals surface area contributed by atoms with Crippen molar-refractivity contribution >= 4 is 5.82 Å². The van der Waals surface area contributed by atoms with Gasteiger partial charge in [0.05, 0.1) is 17.8 Å². The van der Waals surface area contributed by atoms with Crippen LogP contribution >= 0.6 is 0 Å². The van der Waals surface area contributed by atoms with Crippen molar-refractivity contribution in [3.63, 3.8) is 0 Å². The number of nitriles is 1. The molecule has 1 atom stereocenters. The number of hydrogen-bond acceptors (Lipinski definition) is 5. The first-order chi connectivity index (χ1) is 8.31. The Balaban J connectivity index is 2.19. The Morgan fingerprint density at radius 3 is 2.71 bits per heavy atom. The van der Waals surface area contributed by atoms with Gasteiger partial charge in [-0.1, -0.05) is 0 Å². The van der Waals surface area contributed by atoms with Crippen LogP contribution in [0.25, 0.3) is 0 Å². The molecule has 2 aromatic heterocycles. The number of nitrogens with one attached hydrogen (secondary N) is 1. The predicted octanol–water partition coefficient (Wildman–Crippen LogP) is 1.92. The zero-order valence-electron chi connectivity index (χ0n) is 9.33. The normalized spacial score (nSPS) is 11.5. The number of aromatic nitrogens is 3. The van der Waals surface area contributed by atoms with Crippen LogP contribution in [0.15, 0.2) is 36.8 Å². The fraction of sp³-hybridized carbons (Fsp3) is 0.167. The zero-order valence-corrected chi connectivity index (χ0v) is 9.33. The molecule has 0 saturated carbocycles. The zero-order chi connectivity index (χ0) is 12.1. The highest BCUT2D eigenvalue weighted by Crippen LogP contribution is 2.18. The minimum absolute atomic E-state index is 0.0433.